The highest BCUT2D eigenvalue weighted by Crippen LogP contribution is 2.35. The lowest BCUT2D eigenvalue weighted by Crippen LogP contribution is -2.49. The Morgan fingerprint density at radius 1 is 1.12 bits per heavy atom. The summed E-state index contributed by atoms with van der Waals surface area (Å²) in [6, 6.07) is 17.3. The van der Waals surface area contributed by atoms with Crippen LogP contribution in [0, 0.1) is 0 Å². The lowest BCUT2D eigenvalue weighted by Gasteiger charge is -2.42. The van der Waals surface area contributed by atoms with Gasteiger partial charge in [0.05, 0.1) is 6.61 Å². The van der Waals surface area contributed by atoms with Crippen molar-refractivity contribution in [2.75, 3.05) is 24.6 Å². The number of hydrogen-bond donors (Lipinski definition) is 1. The molecule has 1 fully saturated rings. The molecule has 4 rings (SSSR count). The molecule has 0 spiro atoms. The molecule has 5 heteroatoms. The molecule has 1 atom stereocenters. The van der Waals surface area contributed by atoms with Crippen LogP contribution in [0.1, 0.15) is 18.4 Å². The summed E-state index contributed by atoms with van der Waals surface area (Å²) in [4.78, 5) is 19.2. The predicted molar refractivity (Wildman–Crippen MR) is 98.1 cm³/mol. The number of aromatic nitrogens is 2. The third-order valence-corrected chi connectivity index (χ3v) is 5.15. The molecule has 128 valence electrons. The second kappa shape index (κ2) is 6.33. The first kappa shape index (κ1) is 15.8. The number of rotatable bonds is 3. The molecule has 0 amide bonds. The summed E-state index contributed by atoms with van der Waals surface area (Å²) in [6.07, 6.45) is 3.61. The summed E-state index contributed by atoms with van der Waals surface area (Å²) in [5.41, 5.74) is 1.38. The quantitative estimate of drug-likeness (QED) is 0.797. The first-order valence-corrected chi connectivity index (χ1v) is 8.62. The third kappa shape index (κ3) is 2.81. The molecule has 2 aromatic heterocycles. The van der Waals surface area contributed by atoms with E-state index in [1.165, 1.54) is 0 Å². The van der Waals surface area contributed by atoms with Crippen LogP contribution in [0.3, 0.4) is 0 Å². The topological polar surface area (TPSA) is 57.8 Å². The summed E-state index contributed by atoms with van der Waals surface area (Å²) in [7, 11) is 0. The predicted octanol–water partition coefficient (Wildman–Crippen LogP) is 2.22. The molecule has 3 heterocycles. The highest BCUT2D eigenvalue weighted by molar-refractivity contribution is 5.49. The monoisotopic (exact) mass is 335 g/mol. The molecule has 0 saturated carbocycles. The number of aliphatic hydroxyl groups excluding tert-OH is 1. The van der Waals surface area contributed by atoms with E-state index in [1.807, 2.05) is 36.4 Å². The van der Waals surface area contributed by atoms with E-state index in [-0.39, 0.29) is 17.6 Å². The van der Waals surface area contributed by atoms with Crippen LogP contribution in [0.2, 0.25) is 0 Å². The smallest absolute Gasteiger partial charge is 0.259 e. The SMILES string of the molecule is O=c1cc(N2CCCC(CO)(c3ccccc3)C2)nc2ccccn12. The molecule has 25 heavy (non-hydrogen) atoms. The Morgan fingerprint density at radius 2 is 1.92 bits per heavy atom. The van der Waals surface area contributed by atoms with Crippen molar-refractivity contribution >= 4 is 11.5 Å². The molecule has 1 aliphatic rings. The van der Waals surface area contributed by atoms with Gasteiger partial charge in [0.15, 0.2) is 0 Å². The zero-order valence-electron chi connectivity index (χ0n) is 14.0. The summed E-state index contributed by atoms with van der Waals surface area (Å²) < 4.78 is 1.55. The van der Waals surface area contributed by atoms with Crippen LogP contribution in [-0.2, 0) is 5.41 Å². The van der Waals surface area contributed by atoms with E-state index in [0.717, 1.165) is 24.9 Å². The minimum Gasteiger partial charge on any atom is -0.395 e. The molecule has 5 nitrogen and oxygen atoms in total. The van der Waals surface area contributed by atoms with Gasteiger partial charge in [0.2, 0.25) is 0 Å². The van der Waals surface area contributed by atoms with Crippen molar-refractivity contribution in [1.82, 2.24) is 9.38 Å². The summed E-state index contributed by atoms with van der Waals surface area (Å²) in [6.45, 7) is 1.58. The number of fused-ring (bicyclic) bond motifs is 1. The number of pyridine rings is 1. The van der Waals surface area contributed by atoms with Gasteiger partial charge in [0.1, 0.15) is 11.5 Å². The molecule has 3 aromatic rings. The molecular formula is C20H21N3O2. The van der Waals surface area contributed by atoms with Gasteiger partial charge in [-0.05, 0) is 30.5 Å². The van der Waals surface area contributed by atoms with Crippen molar-refractivity contribution < 1.29 is 5.11 Å². The van der Waals surface area contributed by atoms with Crippen molar-refractivity contribution in [3.63, 3.8) is 0 Å². The fraction of sp³-hybridized carbons (Fsp3) is 0.300. The third-order valence-electron chi connectivity index (χ3n) is 5.15. The van der Waals surface area contributed by atoms with Gasteiger partial charge in [-0.1, -0.05) is 36.4 Å². The molecule has 1 N–H and O–H groups in total. The molecule has 1 aliphatic heterocycles. The largest absolute Gasteiger partial charge is 0.395 e. The Hall–Kier alpha value is -2.66. The first-order chi connectivity index (χ1) is 12.2. The van der Waals surface area contributed by atoms with Crippen LogP contribution in [0.25, 0.3) is 5.65 Å². The van der Waals surface area contributed by atoms with Gasteiger partial charge in [0, 0.05) is 30.8 Å². The summed E-state index contributed by atoms with van der Waals surface area (Å²) in [5, 5.41) is 10.2. The number of hydrogen-bond acceptors (Lipinski definition) is 4. The molecule has 1 saturated heterocycles. The average Bonchev–Trinajstić information content (AvgIpc) is 2.68. The molecule has 1 aromatic carbocycles. The maximum absolute atomic E-state index is 12.4. The number of anilines is 1. The fourth-order valence-corrected chi connectivity index (χ4v) is 3.78. The van der Waals surface area contributed by atoms with E-state index in [4.69, 9.17) is 0 Å². The maximum atomic E-state index is 12.4. The Morgan fingerprint density at radius 3 is 2.72 bits per heavy atom. The van der Waals surface area contributed by atoms with E-state index in [2.05, 4.69) is 22.0 Å². The number of benzene rings is 1. The van der Waals surface area contributed by atoms with Crippen molar-refractivity contribution in [3.8, 4) is 0 Å². The van der Waals surface area contributed by atoms with Crippen molar-refractivity contribution in [2.45, 2.75) is 18.3 Å². The van der Waals surface area contributed by atoms with E-state index in [1.54, 1.807) is 16.7 Å². The summed E-state index contributed by atoms with van der Waals surface area (Å²) >= 11 is 0. The Balaban J connectivity index is 1.73. The van der Waals surface area contributed by atoms with Gasteiger partial charge in [-0.25, -0.2) is 4.98 Å². The highest BCUT2D eigenvalue weighted by atomic mass is 16.3. The molecular weight excluding hydrogens is 314 g/mol. The average molecular weight is 335 g/mol. The van der Waals surface area contributed by atoms with Gasteiger partial charge >= 0.3 is 0 Å². The van der Waals surface area contributed by atoms with Gasteiger partial charge in [-0.2, -0.15) is 0 Å². The van der Waals surface area contributed by atoms with E-state index < -0.39 is 0 Å². The van der Waals surface area contributed by atoms with Crippen LogP contribution in [0.15, 0.2) is 65.6 Å². The Bertz CT molecular complexity index is 938. The fourth-order valence-electron chi connectivity index (χ4n) is 3.78. The van der Waals surface area contributed by atoms with E-state index in [9.17, 15) is 9.90 Å². The minimum absolute atomic E-state index is 0.0829. The van der Waals surface area contributed by atoms with Gasteiger partial charge in [-0.3, -0.25) is 9.20 Å². The lowest BCUT2D eigenvalue weighted by atomic mass is 9.75. The summed E-state index contributed by atoms with van der Waals surface area (Å²) in [5.74, 6) is 0.685. The normalized spacial score (nSPS) is 20.8. The number of aliphatic hydroxyl groups is 1. The van der Waals surface area contributed by atoms with Crippen LogP contribution in [-0.4, -0.2) is 34.2 Å². The Labute approximate surface area is 146 Å². The van der Waals surface area contributed by atoms with Gasteiger partial charge < -0.3 is 10.0 Å². The van der Waals surface area contributed by atoms with Crippen LogP contribution < -0.4 is 10.5 Å². The zero-order valence-corrected chi connectivity index (χ0v) is 14.0. The van der Waals surface area contributed by atoms with Crippen molar-refractivity contribution in [1.29, 1.82) is 0 Å². The van der Waals surface area contributed by atoms with Crippen molar-refractivity contribution in [3.05, 3.63) is 76.7 Å². The van der Waals surface area contributed by atoms with Crippen LogP contribution >= 0.6 is 0 Å². The molecule has 0 bridgehead atoms. The van der Waals surface area contributed by atoms with Crippen LogP contribution in [0.5, 0.6) is 0 Å². The van der Waals surface area contributed by atoms with Crippen molar-refractivity contribution in [2.24, 2.45) is 0 Å². The standard InChI is InChI=1S/C20H21N3O2/c24-15-20(16-7-2-1-3-8-16)10-6-11-22(14-20)18-13-19(25)23-12-5-4-9-17(23)21-18/h1-5,7-9,12-13,24H,6,10-11,14-15H2. The zero-order chi connectivity index (χ0) is 17.3. The lowest BCUT2D eigenvalue weighted by molar-refractivity contribution is 0.172. The first-order valence-electron chi connectivity index (χ1n) is 8.62. The highest BCUT2D eigenvalue weighted by Gasteiger charge is 2.37. The van der Waals surface area contributed by atoms with Gasteiger partial charge in [-0.15, -0.1) is 0 Å². The second-order valence-electron chi connectivity index (χ2n) is 6.71. The van der Waals surface area contributed by atoms with Gasteiger partial charge in [0.25, 0.3) is 5.56 Å². The second-order valence-corrected chi connectivity index (χ2v) is 6.71. The molecule has 0 radical (unpaired) electrons. The number of piperidine rings is 1. The molecule has 1 unspecified atom stereocenters. The Kier molecular flexibility index (Phi) is 4.01. The van der Waals surface area contributed by atoms with E-state index >= 15 is 0 Å². The molecule has 0 aliphatic carbocycles. The minimum atomic E-state index is -0.316. The van der Waals surface area contributed by atoms with Crippen LogP contribution in [0.4, 0.5) is 5.82 Å². The maximum Gasteiger partial charge on any atom is 0.259 e. The van der Waals surface area contributed by atoms with E-state index in [0.29, 0.717) is 18.0 Å². The number of nitrogens with zero attached hydrogens (tertiary/aromatic N) is 3.